The minimum Gasteiger partial charge on any atom is -0.481 e. The molecule has 1 aromatic rings. The molecule has 0 saturated carbocycles. The molecule has 6 nitrogen and oxygen atoms in total. The third-order valence-corrected chi connectivity index (χ3v) is 4.32. The predicted octanol–water partition coefficient (Wildman–Crippen LogP) is 0.880. The molecular weight excluding hydrogens is 292 g/mol. The number of benzene rings is 1. The number of nitrogens with one attached hydrogen (secondary N) is 2. The molecule has 0 aliphatic carbocycles. The number of hydrogen-bond acceptors (Lipinski definition) is 3. The Bertz CT molecular complexity index is 533. The number of amides is 2. The van der Waals surface area contributed by atoms with E-state index >= 15 is 0 Å². The van der Waals surface area contributed by atoms with Gasteiger partial charge in [-0.2, -0.15) is 0 Å². The molecule has 1 rings (SSSR count). The Kier molecular flexibility index (Phi) is 6.87. The Hall–Kier alpha value is -1.89. The average Bonchev–Trinajstić information content (AvgIpc) is 2.43. The lowest BCUT2D eigenvalue weighted by Gasteiger charge is -2.12. The maximum atomic E-state index is 11.6. The highest BCUT2D eigenvalue weighted by molar-refractivity contribution is 7.84. The molecule has 0 heterocycles. The Morgan fingerprint density at radius 1 is 1.24 bits per heavy atom. The van der Waals surface area contributed by atoms with Gasteiger partial charge in [-0.3, -0.25) is 9.00 Å². The van der Waals surface area contributed by atoms with Crippen LogP contribution in [0.1, 0.15) is 18.1 Å². The average molecular weight is 312 g/mol. The lowest BCUT2D eigenvalue weighted by Crippen LogP contribution is -2.39. The van der Waals surface area contributed by atoms with Crippen molar-refractivity contribution in [2.24, 2.45) is 0 Å². The van der Waals surface area contributed by atoms with Crippen LogP contribution in [0.15, 0.2) is 24.3 Å². The number of carbonyl (C=O) groups is 2. The van der Waals surface area contributed by atoms with Crippen molar-refractivity contribution in [3.63, 3.8) is 0 Å². The molecule has 0 aliphatic heterocycles. The number of hydrogen-bond donors (Lipinski definition) is 3. The summed E-state index contributed by atoms with van der Waals surface area (Å²) in [6.45, 7) is 2.36. The fourth-order valence-electron chi connectivity index (χ4n) is 1.66. The van der Waals surface area contributed by atoms with Crippen LogP contribution < -0.4 is 10.6 Å². The highest BCUT2D eigenvalue weighted by Gasteiger charge is 2.10. The zero-order valence-electron chi connectivity index (χ0n) is 12.1. The molecule has 3 N–H and O–H groups in total. The van der Waals surface area contributed by atoms with Crippen LogP contribution in [0.25, 0.3) is 0 Å². The first-order valence-corrected chi connectivity index (χ1v) is 8.14. The Labute approximate surface area is 126 Å². The third kappa shape index (κ3) is 6.40. The number of rotatable bonds is 7. The quantitative estimate of drug-likeness (QED) is 0.696. The summed E-state index contributed by atoms with van der Waals surface area (Å²) in [5, 5.41) is 14.0. The van der Waals surface area contributed by atoms with E-state index in [4.69, 9.17) is 5.11 Å². The van der Waals surface area contributed by atoms with E-state index in [1.165, 1.54) is 0 Å². The molecule has 21 heavy (non-hydrogen) atoms. The molecule has 116 valence electrons. The van der Waals surface area contributed by atoms with Crippen molar-refractivity contribution in [3.8, 4) is 0 Å². The first-order chi connectivity index (χ1) is 9.90. The first kappa shape index (κ1) is 17.2. The summed E-state index contributed by atoms with van der Waals surface area (Å²) in [5.41, 5.74) is 1.44. The van der Waals surface area contributed by atoms with Gasteiger partial charge in [0.25, 0.3) is 0 Å². The molecule has 0 aromatic heterocycles. The van der Waals surface area contributed by atoms with E-state index in [1.54, 1.807) is 37.4 Å². The summed E-state index contributed by atoms with van der Waals surface area (Å²) in [4.78, 5) is 22.4. The highest BCUT2D eigenvalue weighted by atomic mass is 32.2. The van der Waals surface area contributed by atoms with Crippen molar-refractivity contribution in [1.29, 1.82) is 0 Å². The second-order valence-electron chi connectivity index (χ2n) is 4.71. The number of carboxylic acid groups (broad SMARTS) is 1. The lowest BCUT2D eigenvalue weighted by molar-refractivity contribution is -0.136. The molecule has 2 unspecified atom stereocenters. The van der Waals surface area contributed by atoms with Crippen LogP contribution in [0.4, 0.5) is 4.79 Å². The van der Waals surface area contributed by atoms with Gasteiger partial charge in [-0.25, -0.2) is 4.79 Å². The predicted molar refractivity (Wildman–Crippen MR) is 81.5 cm³/mol. The van der Waals surface area contributed by atoms with Crippen LogP contribution in [-0.4, -0.2) is 39.4 Å². The minimum absolute atomic E-state index is 0.0781. The molecule has 0 fully saturated rings. The van der Waals surface area contributed by atoms with Gasteiger partial charge in [0.05, 0.1) is 6.42 Å². The monoisotopic (exact) mass is 312 g/mol. The van der Waals surface area contributed by atoms with Gasteiger partial charge in [-0.05, 0) is 18.1 Å². The number of carboxylic acids is 1. The van der Waals surface area contributed by atoms with Crippen molar-refractivity contribution in [2.75, 3.05) is 12.8 Å². The summed E-state index contributed by atoms with van der Waals surface area (Å²) >= 11 is 0. The van der Waals surface area contributed by atoms with Gasteiger partial charge >= 0.3 is 12.0 Å². The van der Waals surface area contributed by atoms with Crippen molar-refractivity contribution in [3.05, 3.63) is 35.4 Å². The largest absolute Gasteiger partial charge is 0.481 e. The molecule has 0 bridgehead atoms. The number of carbonyl (C=O) groups excluding carboxylic acids is 1. The Morgan fingerprint density at radius 3 is 2.43 bits per heavy atom. The van der Waals surface area contributed by atoms with Crippen LogP contribution in [0.3, 0.4) is 0 Å². The standard InChI is InChI=1S/C14H20N2O4S/c1-10(21(2)20)8-15-14(19)16-9-12-6-4-3-5-11(12)7-13(17)18/h3-6,10H,7-9H2,1-2H3,(H,17,18)(H2,15,16,19). The highest BCUT2D eigenvalue weighted by Crippen LogP contribution is 2.09. The van der Waals surface area contributed by atoms with Crippen molar-refractivity contribution in [1.82, 2.24) is 10.6 Å². The summed E-state index contributed by atoms with van der Waals surface area (Å²) in [5.74, 6) is -0.911. The molecule has 0 aliphatic rings. The smallest absolute Gasteiger partial charge is 0.315 e. The number of urea groups is 1. The van der Waals surface area contributed by atoms with E-state index in [2.05, 4.69) is 10.6 Å². The van der Waals surface area contributed by atoms with Gasteiger partial charge in [-0.15, -0.1) is 0 Å². The molecular formula is C14H20N2O4S. The van der Waals surface area contributed by atoms with Gasteiger partial charge in [0.1, 0.15) is 0 Å². The van der Waals surface area contributed by atoms with Gasteiger partial charge in [0, 0.05) is 35.4 Å². The molecule has 0 spiro atoms. The van der Waals surface area contributed by atoms with E-state index in [9.17, 15) is 13.8 Å². The molecule has 0 saturated heterocycles. The van der Waals surface area contributed by atoms with E-state index in [-0.39, 0.29) is 24.2 Å². The van der Waals surface area contributed by atoms with Crippen molar-refractivity contribution < 1.29 is 18.9 Å². The third-order valence-electron chi connectivity index (χ3n) is 3.02. The maximum Gasteiger partial charge on any atom is 0.315 e. The van der Waals surface area contributed by atoms with Crippen LogP contribution in [0, 0.1) is 0 Å². The van der Waals surface area contributed by atoms with E-state index in [1.807, 2.05) is 0 Å². The summed E-state index contributed by atoms with van der Waals surface area (Å²) in [6, 6.07) is 6.70. The zero-order chi connectivity index (χ0) is 15.8. The number of aliphatic carboxylic acids is 1. The Morgan fingerprint density at radius 2 is 1.86 bits per heavy atom. The lowest BCUT2D eigenvalue weighted by atomic mass is 10.0. The van der Waals surface area contributed by atoms with Crippen LogP contribution in [-0.2, 0) is 28.6 Å². The second-order valence-corrected chi connectivity index (χ2v) is 6.51. The van der Waals surface area contributed by atoms with Crippen LogP contribution in [0.5, 0.6) is 0 Å². The van der Waals surface area contributed by atoms with E-state index < -0.39 is 16.8 Å². The summed E-state index contributed by atoms with van der Waals surface area (Å²) < 4.78 is 11.2. The van der Waals surface area contributed by atoms with Crippen LogP contribution in [0.2, 0.25) is 0 Å². The molecule has 7 heteroatoms. The molecule has 2 amide bonds. The minimum atomic E-state index is -0.985. The maximum absolute atomic E-state index is 11.6. The molecule has 1 aromatic carbocycles. The first-order valence-electron chi connectivity index (χ1n) is 6.52. The van der Waals surface area contributed by atoms with Gasteiger partial charge in [0.2, 0.25) is 0 Å². The van der Waals surface area contributed by atoms with Gasteiger partial charge < -0.3 is 15.7 Å². The fraction of sp³-hybridized carbons (Fsp3) is 0.429. The van der Waals surface area contributed by atoms with Crippen molar-refractivity contribution in [2.45, 2.75) is 25.1 Å². The topological polar surface area (TPSA) is 95.5 Å². The molecule has 2 atom stereocenters. The van der Waals surface area contributed by atoms with E-state index in [0.29, 0.717) is 12.1 Å². The van der Waals surface area contributed by atoms with Gasteiger partial charge in [0.15, 0.2) is 0 Å². The van der Waals surface area contributed by atoms with Crippen molar-refractivity contribution >= 4 is 22.8 Å². The second kappa shape index (κ2) is 8.41. The summed E-state index contributed by atoms with van der Waals surface area (Å²) in [6.07, 6.45) is 1.51. The SMILES string of the molecule is CC(CNC(=O)NCc1ccccc1CC(=O)O)S(C)=O. The Balaban J connectivity index is 2.49. The molecule has 0 radical (unpaired) electrons. The normalized spacial score (nSPS) is 13.2. The zero-order valence-corrected chi connectivity index (χ0v) is 12.9. The summed E-state index contributed by atoms with van der Waals surface area (Å²) in [7, 11) is -0.985. The fourth-order valence-corrected chi connectivity index (χ4v) is 1.98. The van der Waals surface area contributed by atoms with Crippen LogP contribution >= 0.6 is 0 Å². The van der Waals surface area contributed by atoms with E-state index in [0.717, 1.165) is 5.56 Å². The van der Waals surface area contributed by atoms with Gasteiger partial charge in [-0.1, -0.05) is 24.3 Å².